The lowest BCUT2D eigenvalue weighted by atomic mass is 10.1. The zero-order valence-electron chi connectivity index (χ0n) is 11.1. The van der Waals surface area contributed by atoms with Gasteiger partial charge in [-0.25, -0.2) is 4.99 Å². The number of aryl methyl sites for hydroxylation is 2. The number of nitriles is 1. The van der Waals surface area contributed by atoms with Crippen LogP contribution < -0.4 is 10.7 Å². The Labute approximate surface area is 113 Å². The highest BCUT2D eigenvalue weighted by Gasteiger charge is 2.06. The van der Waals surface area contributed by atoms with Crippen LogP contribution in [-0.2, 0) is 0 Å². The fourth-order valence-electron chi connectivity index (χ4n) is 2.02. The maximum atomic E-state index is 8.87. The molecule has 0 unspecified atom stereocenters. The molecule has 19 heavy (non-hydrogen) atoms. The highest BCUT2D eigenvalue weighted by molar-refractivity contribution is 5.93. The molecule has 3 heteroatoms. The second kappa shape index (κ2) is 5.36. The molecule has 0 atom stereocenters. The summed E-state index contributed by atoms with van der Waals surface area (Å²) in [6, 6.07) is 15.5. The Morgan fingerprint density at radius 2 is 1.79 bits per heavy atom. The monoisotopic (exact) mass is 250 g/mol. The normalized spacial score (nSPS) is 11.1. The van der Waals surface area contributed by atoms with E-state index in [0.29, 0.717) is 11.4 Å². The van der Waals surface area contributed by atoms with Crippen molar-refractivity contribution in [3.63, 3.8) is 0 Å². The molecule has 0 bridgehead atoms. The highest BCUT2D eigenvalue weighted by atomic mass is 14.9. The van der Waals surface area contributed by atoms with Crippen LogP contribution in [0.25, 0.3) is 0 Å². The van der Waals surface area contributed by atoms with Gasteiger partial charge in [0.05, 0.1) is 17.2 Å². The molecule has 0 aliphatic rings. The van der Waals surface area contributed by atoms with E-state index >= 15 is 0 Å². The van der Waals surface area contributed by atoms with Gasteiger partial charge in [-0.15, -0.1) is 0 Å². The van der Waals surface area contributed by atoms with Crippen LogP contribution in [-0.4, -0.2) is 5.84 Å². The molecule has 3 N–H and O–H groups in total. The Kier molecular flexibility index (Phi) is 3.63. The van der Waals surface area contributed by atoms with E-state index in [1.54, 1.807) is 12.1 Å². The quantitative estimate of drug-likeness (QED) is 0.623. The predicted molar refractivity (Wildman–Crippen MR) is 76.0 cm³/mol. The van der Waals surface area contributed by atoms with Crippen molar-refractivity contribution >= 4 is 11.5 Å². The first-order valence-corrected chi connectivity index (χ1v) is 6.07. The summed E-state index contributed by atoms with van der Waals surface area (Å²) in [5.41, 5.74) is 10.8. The Morgan fingerprint density at radius 3 is 2.42 bits per heavy atom. The summed E-state index contributed by atoms with van der Waals surface area (Å²) in [6.07, 6.45) is 0. The molecule has 0 aromatic heterocycles. The molecule has 0 spiro atoms. The largest absolute Gasteiger partial charge is 0.287 e. The molecule has 94 valence electrons. The van der Waals surface area contributed by atoms with Gasteiger partial charge in [0, 0.05) is 6.07 Å². The zero-order chi connectivity index (χ0) is 13.8. The Hall–Kier alpha value is -2.60. The van der Waals surface area contributed by atoms with Gasteiger partial charge in [0.15, 0.2) is 0 Å². The molecule has 2 aromatic carbocycles. The van der Waals surface area contributed by atoms with Crippen molar-refractivity contribution in [1.82, 2.24) is 0 Å². The van der Waals surface area contributed by atoms with Crippen LogP contribution in [0.15, 0.2) is 42.5 Å². The topological polar surface area (TPSA) is 63.8 Å². The summed E-state index contributed by atoms with van der Waals surface area (Å²) in [6.45, 7) is 4.08. The lowest BCUT2D eigenvalue weighted by Crippen LogP contribution is -2.69. The molecule has 0 saturated carbocycles. The highest BCUT2D eigenvalue weighted by Crippen LogP contribution is 2.08. The van der Waals surface area contributed by atoms with E-state index in [4.69, 9.17) is 11.0 Å². The van der Waals surface area contributed by atoms with Gasteiger partial charge in [0.2, 0.25) is 0 Å². The third-order valence-electron chi connectivity index (χ3n) is 2.80. The van der Waals surface area contributed by atoms with Crippen LogP contribution in [0.5, 0.6) is 0 Å². The summed E-state index contributed by atoms with van der Waals surface area (Å²) in [5.74, 6) is 0.585. The Balaban J connectivity index is 2.39. The maximum absolute atomic E-state index is 8.87. The molecular formula is C16H16N3+. The number of nitrogens with one attached hydrogen (secondary N) is 1. The van der Waals surface area contributed by atoms with Crippen molar-refractivity contribution in [3.8, 4) is 6.07 Å². The first kappa shape index (κ1) is 12.8. The second-order valence-corrected chi connectivity index (χ2v) is 4.61. The van der Waals surface area contributed by atoms with E-state index in [1.165, 1.54) is 11.1 Å². The van der Waals surface area contributed by atoms with Crippen molar-refractivity contribution in [2.24, 2.45) is 5.73 Å². The number of nitrogen functional groups attached to an aromatic ring is 1. The number of nitrogens with two attached hydrogens (primary N) is 1. The van der Waals surface area contributed by atoms with E-state index < -0.39 is 0 Å². The van der Waals surface area contributed by atoms with E-state index in [-0.39, 0.29) is 0 Å². The summed E-state index contributed by atoms with van der Waals surface area (Å²) >= 11 is 0. The molecule has 0 saturated heterocycles. The molecule has 0 aliphatic heterocycles. The van der Waals surface area contributed by atoms with Crippen LogP contribution in [0.1, 0.15) is 22.3 Å². The van der Waals surface area contributed by atoms with Crippen LogP contribution >= 0.6 is 0 Å². The molecule has 2 aromatic rings. The molecule has 0 fully saturated rings. The van der Waals surface area contributed by atoms with Crippen LogP contribution in [0.2, 0.25) is 0 Å². The van der Waals surface area contributed by atoms with Gasteiger partial charge in [0.1, 0.15) is 5.69 Å². The Morgan fingerprint density at radius 1 is 1.11 bits per heavy atom. The average molecular weight is 250 g/mol. The summed E-state index contributed by atoms with van der Waals surface area (Å²) in [4.78, 5) is 3.13. The number of nitrogens with zero attached hydrogens (tertiary/aromatic N) is 1. The summed E-state index contributed by atoms with van der Waals surface area (Å²) in [5, 5.41) is 8.87. The fourth-order valence-corrected chi connectivity index (χ4v) is 2.02. The molecule has 3 nitrogen and oxygen atoms in total. The summed E-state index contributed by atoms with van der Waals surface area (Å²) < 4.78 is 0. The van der Waals surface area contributed by atoms with Crippen LogP contribution in [0, 0.1) is 25.2 Å². The van der Waals surface area contributed by atoms with Gasteiger partial charge in [-0.2, -0.15) is 5.26 Å². The number of amidine groups is 1. The molecular weight excluding hydrogens is 234 g/mol. The molecule has 0 radical (unpaired) electrons. The third-order valence-corrected chi connectivity index (χ3v) is 2.80. The van der Waals surface area contributed by atoms with Gasteiger partial charge in [-0.3, -0.25) is 5.73 Å². The molecule has 0 aliphatic carbocycles. The average Bonchev–Trinajstić information content (AvgIpc) is 2.37. The minimum absolute atomic E-state index is 0.585. The number of benzene rings is 2. The number of hydrogen-bond acceptors (Lipinski definition) is 1. The predicted octanol–water partition coefficient (Wildman–Crippen LogP) is 1.29. The maximum Gasteiger partial charge on any atom is 0.277 e. The molecule has 0 amide bonds. The van der Waals surface area contributed by atoms with Gasteiger partial charge >= 0.3 is 0 Å². The standard InChI is InChI=1S/C16H15N3/c1-11-6-12(2)8-14(7-11)16(18)19-15-5-3-4-13(9-15)10-17/h3-9H,1-2H3,(H2,18,19)/p+1. The number of hydrogen-bond donors (Lipinski definition) is 2. The number of rotatable bonds is 2. The Bertz CT molecular complexity index is 658. The second-order valence-electron chi connectivity index (χ2n) is 4.61. The smallest absolute Gasteiger partial charge is 0.277 e. The molecule has 0 heterocycles. The van der Waals surface area contributed by atoms with Crippen LogP contribution in [0.3, 0.4) is 0 Å². The lowest BCUT2D eigenvalue weighted by Gasteiger charge is -2.01. The van der Waals surface area contributed by atoms with E-state index in [1.807, 2.05) is 38.1 Å². The van der Waals surface area contributed by atoms with Crippen molar-refractivity contribution in [2.75, 3.05) is 0 Å². The van der Waals surface area contributed by atoms with Gasteiger partial charge in [0.25, 0.3) is 5.84 Å². The van der Waals surface area contributed by atoms with Gasteiger partial charge < -0.3 is 0 Å². The third kappa shape index (κ3) is 3.20. The summed E-state index contributed by atoms with van der Waals surface area (Å²) in [7, 11) is 0. The molecule has 2 rings (SSSR count). The van der Waals surface area contributed by atoms with E-state index in [0.717, 1.165) is 11.3 Å². The van der Waals surface area contributed by atoms with Crippen molar-refractivity contribution in [1.29, 1.82) is 5.26 Å². The van der Waals surface area contributed by atoms with Gasteiger partial charge in [-0.05, 0) is 49.2 Å². The lowest BCUT2D eigenvalue weighted by molar-refractivity contribution is -0.354. The zero-order valence-corrected chi connectivity index (χ0v) is 11.1. The van der Waals surface area contributed by atoms with Crippen LogP contribution in [0.4, 0.5) is 5.69 Å². The minimum Gasteiger partial charge on any atom is -0.287 e. The first-order valence-electron chi connectivity index (χ1n) is 6.07. The van der Waals surface area contributed by atoms with Crippen molar-refractivity contribution in [2.45, 2.75) is 13.8 Å². The first-order chi connectivity index (χ1) is 9.08. The minimum atomic E-state index is 0.585. The fraction of sp³-hybridized carbons (Fsp3) is 0.125. The van der Waals surface area contributed by atoms with Gasteiger partial charge in [-0.1, -0.05) is 12.1 Å². The van der Waals surface area contributed by atoms with Crippen molar-refractivity contribution < 1.29 is 4.99 Å². The van der Waals surface area contributed by atoms with E-state index in [9.17, 15) is 0 Å². The van der Waals surface area contributed by atoms with E-state index in [2.05, 4.69) is 17.1 Å². The van der Waals surface area contributed by atoms with Crippen molar-refractivity contribution in [3.05, 3.63) is 64.7 Å². The SMILES string of the molecule is Cc1cc(C)cc(C(N)=[NH+]c2cccc(C#N)c2)c1.